The summed E-state index contributed by atoms with van der Waals surface area (Å²) in [7, 11) is 1.53. The summed E-state index contributed by atoms with van der Waals surface area (Å²) in [5.41, 5.74) is 2.16. The SMILES string of the molecule is COc1ccc(/C(O)=C2\C(=O)C(=O)N(c3nc4ccccc4[nH]3)C2c2ccc(O)cc2)cc1. The molecule has 3 aromatic carbocycles. The molecule has 1 atom stereocenters. The molecule has 0 bridgehead atoms. The molecule has 1 saturated heterocycles. The van der Waals surface area contributed by atoms with E-state index in [1.54, 1.807) is 42.5 Å². The van der Waals surface area contributed by atoms with Crippen LogP contribution in [0.15, 0.2) is 78.4 Å². The maximum atomic E-state index is 13.2. The fraction of sp³-hybridized carbons (Fsp3) is 0.0800. The Morgan fingerprint density at radius 3 is 2.36 bits per heavy atom. The maximum Gasteiger partial charge on any atom is 0.302 e. The van der Waals surface area contributed by atoms with Crippen LogP contribution in [0.25, 0.3) is 16.8 Å². The Labute approximate surface area is 188 Å². The molecule has 1 amide bonds. The zero-order chi connectivity index (χ0) is 23.1. The Hall–Kier alpha value is -4.59. The number of H-pyrrole nitrogens is 1. The average molecular weight is 441 g/mol. The van der Waals surface area contributed by atoms with Crippen LogP contribution in [0, 0.1) is 0 Å². The molecule has 0 radical (unpaired) electrons. The molecule has 8 heteroatoms. The van der Waals surface area contributed by atoms with E-state index in [0.29, 0.717) is 27.9 Å². The highest BCUT2D eigenvalue weighted by Gasteiger charge is 2.48. The van der Waals surface area contributed by atoms with Crippen molar-refractivity contribution in [3.8, 4) is 11.5 Å². The minimum absolute atomic E-state index is 0.0367. The zero-order valence-electron chi connectivity index (χ0n) is 17.5. The second-order valence-electron chi connectivity index (χ2n) is 7.57. The summed E-state index contributed by atoms with van der Waals surface area (Å²) >= 11 is 0. The number of ketones is 1. The van der Waals surface area contributed by atoms with Crippen LogP contribution in [0.5, 0.6) is 11.5 Å². The quantitative estimate of drug-likeness (QED) is 0.251. The largest absolute Gasteiger partial charge is 0.508 e. The van der Waals surface area contributed by atoms with Gasteiger partial charge >= 0.3 is 5.91 Å². The number of amides is 1. The van der Waals surface area contributed by atoms with Crippen molar-refractivity contribution in [3.05, 3.63) is 89.5 Å². The molecule has 8 nitrogen and oxygen atoms in total. The van der Waals surface area contributed by atoms with Gasteiger partial charge in [-0.25, -0.2) is 4.98 Å². The second-order valence-corrected chi connectivity index (χ2v) is 7.57. The number of hydrogen-bond donors (Lipinski definition) is 3. The van der Waals surface area contributed by atoms with Gasteiger partial charge in [0.05, 0.1) is 29.8 Å². The number of imidazole rings is 1. The molecule has 0 aliphatic carbocycles. The number of aromatic hydroxyl groups is 1. The number of anilines is 1. The number of phenolic OH excluding ortho intramolecular Hbond substituents is 1. The molecular weight excluding hydrogens is 422 g/mol. The fourth-order valence-electron chi connectivity index (χ4n) is 3.98. The molecule has 33 heavy (non-hydrogen) atoms. The number of rotatable bonds is 4. The van der Waals surface area contributed by atoms with Gasteiger partial charge in [-0.1, -0.05) is 24.3 Å². The highest BCUT2D eigenvalue weighted by molar-refractivity contribution is 6.51. The number of para-hydroxylation sites is 2. The second kappa shape index (κ2) is 7.83. The highest BCUT2D eigenvalue weighted by atomic mass is 16.5. The molecule has 1 fully saturated rings. The Balaban J connectivity index is 1.71. The molecule has 2 heterocycles. The van der Waals surface area contributed by atoms with Crippen molar-refractivity contribution >= 4 is 34.4 Å². The number of nitrogens with one attached hydrogen (secondary N) is 1. The zero-order valence-corrected chi connectivity index (χ0v) is 17.5. The topological polar surface area (TPSA) is 116 Å². The monoisotopic (exact) mass is 441 g/mol. The lowest BCUT2D eigenvalue weighted by molar-refractivity contribution is -0.132. The normalized spacial score (nSPS) is 17.6. The van der Waals surface area contributed by atoms with Gasteiger partial charge in [0.25, 0.3) is 5.78 Å². The summed E-state index contributed by atoms with van der Waals surface area (Å²) in [6.45, 7) is 0. The number of aromatic nitrogens is 2. The van der Waals surface area contributed by atoms with Gasteiger partial charge in [-0.2, -0.15) is 0 Å². The van der Waals surface area contributed by atoms with Gasteiger partial charge < -0.3 is 19.9 Å². The van der Waals surface area contributed by atoms with E-state index >= 15 is 0 Å². The average Bonchev–Trinajstić information content (AvgIpc) is 3.38. The van der Waals surface area contributed by atoms with Gasteiger partial charge in [0, 0.05) is 5.56 Å². The lowest BCUT2D eigenvalue weighted by atomic mass is 9.95. The summed E-state index contributed by atoms with van der Waals surface area (Å²) in [6.07, 6.45) is 0. The first-order valence-electron chi connectivity index (χ1n) is 10.2. The number of ether oxygens (including phenoxy) is 1. The van der Waals surface area contributed by atoms with Crippen LogP contribution < -0.4 is 9.64 Å². The van der Waals surface area contributed by atoms with Gasteiger partial charge in [0.15, 0.2) is 0 Å². The number of carbonyl (C=O) groups excluding carboxylic acids is 2. The predicted molar refractivity (Wildman–Crippen MR) is 122 cm³/mol. The molecule has 4 aromatic rings. The number of phenols is 1. The van der Waals surface area contributed by atoms with E-state index in [4.69, 9.17) is 4.74 Å². The summed E-state index contributed by atoms with van der Waals surface area (Å²) in [5.74, 6) is -1.15. The number of aromatic amines is 1. The first-order chi connectivity index (χ1) is 16.0. The number of fused-ring (bicyclic) bond motifs is 1. The van der Waals surface area contributed by atoms with Gasteiger partial charge in [-0.3, -0.25) is 14.5 Å². The smallest absolute Gasteiger partial charge is 0.302 e. The van der Waals surface area contributed by atoms with Crippen LogP contribution in [0.4, 0.5) is 5.95 Å². The number of aliphatic hydroxyl groups excluding tert-OH is 1. The third kappa shape index (κ3) is 3.38. The summed E-state index contributed by atoms with van der Waals surface area (Å²) in [6, 6.07) is 18.9. The Morgan fingerprint density at radius 2 is 1.70 bits per heavy atom. The summed E-state index contributed by atoms with van der Waals surface area (Å²) < 4.78 is 5.15. The number of Topliss-reactive ketones (excluding diaryl/α,β-unsaturated/α-hetero) is 1. The molecule has 0 saturated carbocycles. The molecule has 1 aliphatic heterocycles. The van der Waals surface area contributed by atoms with Gasteiger partial charge in [0.1, 0.15) is 17.3 Å². The third-order valence-corrected chi connectivity index (χ3v) is 5.62. The van der Waals surface area contributed by atoms with Gasteiger partial charge in [-0.15, -0.1) is 0 Å². The van der Waals surface area contributed by atoms with Crippen molar-refractivity contribution in [2.45, 2.75) is 6.04 Å². The molecule has 164 valence electrons. The Kier molecular flexibility index (Phi) is 4.82. The lowest BCUT2D eigenvalue weighted by Crippen LogP contribution is -2.30. The van der Waals surface area contributed by atoms with Crippen LogP contribution in [0.3, 0.4) is 0 Å². The Bertz CT molecular complexity index is 1370. The van der Waals surface area contributed by atoms with Crippen molar-refractivity contribution in [3.63, 3.8) is 0 Å². The summed E-state index contributed by atoms with van der Waals surface area (Å²) in [4.78, 5) is 35.2. The van der Waals surface area contributed by atoms with Crippen LogP contribution >= 0.6 is 0 Å². The van der Waals surface area contributed by atoms with Crippen molar-refractivity contribution in [1.82, 2.24) is 9.97 Å². The molecule has 1 unspecified atom stereocenters. The van der Waals surface area contributed by atoms with E-state index < -0.39 is 17.7 Å². The van der Waals surface area contributed by atoms with E-state index in [2.05, 4.69) is 9.97 Å². The molecule has 1 aliphatic rings. The van der Waals surface area contributed by atoms with E-state index in [9.17, 15) is 19.8 Å². The number of nitrogens with zero attached hydrogens (tertiary/aromatic N) is 2. The number of aliphatic hydroxyl groups is 1. The molecule has 5 rings (SSSR count). The van der Waals surface area contributed by atoms with Crippen LogP contribution in [0.2, 0.25) is 0 Å². The number of carbonyl (C=O) groups is 2. The van der Waals surface area contributed by atoms with Crippen LogP contribution in [-0.2, 0) is 9.59 Å². The van der Waals surface area contributed by atoms with Crippen molar-refractivity contribution in [2.75, 3.05) is 12.0 Å². The first kappa shape index (κ1) is 20.3. The standard InChI is InChI=1S/C25H19N3O5/c1-33-17-12-8-15(9-13-17)22(30)20-21(14-6-10-16(29)11-7-14)28(24(32)23(20)31)25-26-18-4-2-3-5-19(18)27-25/h2-13,21,29-30H,1H3,(H,26,27)/b22-20+. The van der Waals surface area contributed by atoms with E-state index in [-0.39, 0.29) is 23.0 Å². The van der Waals surface area contributed by atoms with Crippen LogP contribution in [0.1, 0.15) is 17.2 Å². The minimum Gasteiger partial charge on any atom is -0.508 e. The number of benzene rings is 3. The molecular formula is C25H19N3O5. The first-order valence-corrected chi connectivity index (χ1v) is 10.2. The molecule has 3 N–H and O–H groups in total. The molecule has 1 aromatic heterocycles. The predicted octanol–water partition coefficient (Wildman–Crippen LogP) is 3.90. The lowest BCUT2D eigenvalue weighted by Gasteiger charge is -2.23. The highest BCUT2D eigenvalue weighted by Crippen LogP contribution is 2.42. The fourth-order valence-corrected chi connectivity index (χ4v) is 3.98. The maximum absolute atomic E-state index is 13.2. The van der Waals surface area contributed by atoms with E-state index in [1.165, 1.54) is 24.1 Å². The Morgan fingerprint density at radius 1 is 1.00 bits per heavy atom. The molecule has 0 spiro atoms. The number of methoxy groups -OCH3 is 1. The van der Waals surface area contributed by atoms with Crippen molar-refractivity contribution < 1.29 is 24.5 Å². The third-order valence-electron chi connectivity index (χ3n) is 5.62. The number of hydrogen-bond acceptors (Lipinski definition) is 6. The van der Waals surface area contributed by atoms with Gasteiger partial charge in [0.2, 0.25) is 5.95 Å². The minimum atomic E-state index is -0.951. The van der Waals surface area contributed by atoms with E-state index in [1.807, 2.05) is 18.2 Å². The van der Waals surface area contributed by atoms with Crippen molar-refractivity contribution in [2.24, 2.45) is 0 Å². The van der Waals surface area contributed by atoms with Gasteiger partial charge in [-0.05, 0) is 54.1 Å². The van der Waals surface area contributed by atoms with E-state index in [0.717, 1.165) is 0 Å². The van der Waals surface area contributed by atoms with Crippen LogP contribution in [-0.4, -0.2) is 39.0 Å². The van der Waals surface area contributed by atoms with Crippen molar-refractivity contribution in [1.29, 1.82) is 0 Å². The summed E-state index contributed by atoms with van der Waals surface area (Å²) in [5, 5.41) is 20.9.